The van der Waals surface area contributed by atoms with E-state index in [-0.39, 0.29) is 6.23 Å². The van der Waals surface area contributed by atoms with Crippen LogP contribution < -0.4 is 5.32 Å². The molecule has 8 rings (SSSR count). The van der Waals surface area contributed by atoms with E-state index in [4.69, 9.17) is 14.2 Å². The van der Waals surface area contributed by atoms with Crippen LogP contribution in [0.4, 0.5) is 0 Å². The molecule has 0 aromatic rings. The molecule has 0 radical (unpaired) electrons. The second-order valence-electron chi connectivity index (χ2n) is 9.03. The van der Waals surface area contributed by atoms with Gasteiger partial charge in [0, 0.05) is 12.5 Å². The molecule has 0 aromatic carbocycles. The molecule has 28 heavy (non-hydrogen) atoms. The second kappa shape index (κ2) is 8.66. The lowest BCUT2D eigenvalue weighted by Crippen LogP contribution is -2.21. The Hall–Kier alpha value is -1.20. The van der Waals surface area contributed by atoms with Gasteiger partial charge in [0.1, 0.15) is 6.23 Å². The van der Waals surface area contributed by atoms with Crippen LogP contribution in [-0.2, 0) is 14.2 Å². The third kappa shape index (κ3) is 4.68. The van der Waals surface area contributed by atoms with Crippen LogP contribution in [0.3, 0.4) is 0 Å². The predicted molar refractivity (Wildman–Crippen MR) is 110 cm³/mol. The molecule has 0 amide bonds. The highest BCUT2D eigenvalue weighted by Crippen LogP contribution is 2.38. The van der Waals surface area contributed by atoms with Crippen LogP contribution in [-0.4, -0.2) is 43.8 Å². The number of nitrogens with one attached hydrogen (secondary N) is 1. The minimum absolute atomic E-state index is 0.241. The van der Waals surface area contributed by atoms with Crippen molar-refractivity contribution in [2.75, 3.05) is 13.2 Å². The molecule has 4 fully saturated rings. The summed E-state index contributed by atoms with van der Waals surface area (Å²) in [5, 5.41) is 3.15. The van der Waals surface area contributed by atoms with Crippen LogP contribution in [0.1, 0.15) is 38.5 Å². The Bertz CT molecular complexity index is 494. The average molecular weight is 384 g/mol. The Morgan fingerprint density at radius 1 is 0.571 bits per heavy atom. The first kappa shape index (κ1) is 18.8. The van der Waals surface area contributed by atoms with E-state index in [0.717, 1.165) is 30.9 Å². The second-order valence-corrected chi connectivity index (χ2v) is 9.03. The van der Waals surface area contributed by atoms with Gasteiger partial charge in [0.05, 0.1) is 31.0 Å². The van der Waals surface area contributed by atoms with Crippen LogP contribution in [0, 0.1) is 17.8 Å². The van der Waals surface area contributed by atoms with Gasteiger partial charge in [0.25, 0.3) is 0 Å². The Morgan fingerprint density at radius 2 is 1.25 bits per heavy atom. The van der Waals surface area contributed by atoms with E-state index in [1.165, 1.54) is 38.5 Å². The number of ether oxygens (including phenoxy) is 3. The first-order chi connectivity index (χ1) is 13.8. The minimum Gasteiger partial charge on any atom is -0.374 e. The zero-order valence-corrected chi connectivity index (χ0v) is 16.6. The van der Waals surface area contributed by atoms with E-state index >= 15 is 0 Å². The standard InChI is InChI=1S/C7H10.2C6H8O.C5H7NO/c1-2-7-4-3-6(1)5-7;1-2-6-3-5(1)4-7-6;1-2-6-4-3-5(1)7-6;1-2-5-6-3-4(1)7-5/h1-2,6-7H,3-5H2;2*1-2,5-6H,3-4H2;1-2,4-6H,3H2. The summed E-state index contributed by atoms with van der Waals surface area (Å²) in [5.41, 5.74) is 0. The van der Waals surface area contributed by atoms with Crippen molar-refractivity contribution < 1.29 is 14.2 Å². The molecule has 152 valence electrons. The summed E-state index contributed by atoms with van der Waals surface area (Å²) >= 11 is 0. The van der Waals surface area contributed by atoms with E-state index < -0.39 is 0 Å². The van der Waals surface area contributed by atoms with Crippen molar-refractivity contribution in [3.05, 3.63) is 48.6 Å². The van der Waals surface area contributed by atoms with E-state index in [9.17, 15) is 0 Å². The summed E-state index contributed by atoms with van der Waals surface area (Å²) in [6.07, 6.45) is 27.9. The van der Waals surface area contributed by atoms with Crippen LogP contribution >= 0.6 is 0 Å². The first-order valence-corrected chi connectivity index (χ1v) is 11.2. The predicted octanol–water partition coefficient (Wildman–Crippen LogP) is 3.91. The quantitative estimate of drug-likeness (QED) is 0.644. The molecule has 3 saturated heterocycles. The zero-order chi connectivity index (χ0) is 18.8. The molecular formula is C24H33NO3. The van der Waals surface area contributed by atoms with Gasteiger partial charge in [-0.25, -0.2) is 0 Å². The molecular weight excluding hydrogens is 350 g/mol. The van der Waals surface area contributed by atoms with Crippen LogP contribution in [0.2, 0.25) is 0 Å². The number of allylic oxidation sites excluding steroid dienone is 2. The van der Waals surface area contributed by atoms with Crippen molar-refractivity contribution in [3.8, 4) is 0 Å². The fourth-order valence-corrected chi connectivity index (χ4v) is 5.14. The van der Waals surface area contributed by atoms with Crippen LogP contribution in [0.25, 0.3) is 0 Å². The Labute approximate surface area is 168 Å². The maximum Gasteiger partial charge on any atom is 0.128 e. The van der Waals surface area contributed by atoms with Crippen molar-refractivity contribution in [2.24, 2.45) is 17.8 Å². The average Bonchev–Trinajstić information content (AvgIpc) is 3.63. The summed E-state index contributed by atoms with van der Waals surface area (Å²) in [4.78, 5) is 0. The Balaban J connectivity index is 0.0000000813. The third-order valence-corrected chi connectivity index (χ3v) is 6.79. The molecule has 8 atom stereocenters. The van der Waals surface area contributed by atoms with Gasteiger partial charge in [0.2, 0.25) is 0 Å². The van der Waals surface area contributed by atoms with E-state index in [1.54, 1.807) is 0 Å². The van der Waals surface area contributed by atoms with Gasteiger partial charge in [0.15, 0.2) is 0 Å². The molecule has 4 nitrogen and oxygen atoms in total. The number of hydrogen-bond acceptors (Lipinski definition) is 4. The minimum atomic E-state index is 0.241. The molecule has 0 spiro atoms. The lowest BCUT2D eigenvalue weighted by atomic mass is 10.1. The summed E-state index contributed by atoms with van der Waals surface area (Å²) in [6, 6.07) is 0. The van der Waals surface area contributed by atoms with E-state index in [1.807, 2.05) is 6.08 Å². The molecule has 3 aliphatic carbocycles. The number of hydrogen-bond donors (Lipinski definition) is 1. The molecule has 4 heteroatoms. The normalized spacial score (nSPS) is 45.7. The SMILES string of the molecule is C1=CC2CC1CO2.C1=CC2CCC1C2.C1=CC2CCC1O2.C1=CC2NCC1O2. The summed E-state index contributed by atoms with van der Waals surface area (Å²) in [5.74, 6) is 2.75. The van der Waals surface area contributed by atoms with Gasteiger partial charge < -0.3 is 14.2 Å². The fraction of sp³-hybridized carbons (Fsp3) is 0.667. The molecule has 1 saturated carbocycles. The molecule has 8 unspecified atom stereocenters. The molecule has 5 aliphatic heterocycles. The van der Waals surface area contributed by atoms with Gasteiger partial charge in [-0.05, 0) is 56.4 Å². The van der Waals surface area contributed by atoms with Crippen LogP contribution in [0.15, 0.2) is 48.6 Å². The monoisotopic (exact) mass is 383 g/mol. The van der Waals surface area contributed by atoms with Crippen molar-refractivity contribution in [2.45, 2.75) is 69.2 Å². The lowest BCUT2D eigenvalue weighted by molar-refractivity contribution is 0.117. The highest BCUT2D eigenvalue weighted by molar-refractivity contribution is 5.08. The summed E-state index contributed by atoms with van der Waals surface area (Å²) < 4.78 is 15.9. The highest BCUT2D eigenvalue weighted by Gasteiger charge is 2.27. The van der Waals surface area contributed by atoms with Crippen molar-refractivity contribution in [1.29, 1.82) is 0 Å². The molecule has 8 bridgehead atoms. The van der Waals surface area contributed by atoms with Gasteiger partial charge in [-0.3, -0.25) is 5.32 Å². The maximum atomic E-state index is 5.36. The summed E-state index contributed by atoms with van der Waals surface area (Å²) in [7, 11) is 0. The lowest BCUT2D eigenvalue weighted by Gasteiger charge is -2.00. The van der Waals surface area contributed by atoms with Gasteiger partial charge in [-0.15, -0.1) is 0 Å². The largest absolute Gasteiger partial charge is 0.374 e. The van der Waals surface area contributed by atoms with Crippen molar-refractivity contribution >= 4 is 0 Å². The molecule has 8 aliphatic rings. The van der Waals surface area contributed by atoms with Crippen molar-refractivity contribution in [3.63, 3.8) is 0 Å². The third-order valence-electron chi connectivity index (χ3n) is 6.79. The van der Waals surface area contributed by atoms with Crippen molar-refractivity contribution in [1.82, 2.24) is 5.32 Å². The van der Waals surface area contributed by atoms with Gasteiger partial charge in [-0.2, -0.15) is 0 Å². The zero-order valence-electron chi connectivity index (χ0n) is 16.6. The number of fused-ring (bicyclic) bond motifs is 8. The highest BCUT2D eigenvalue weighted by atomic mass is 16.5. The Morgan fingerprint density at radius 3 is 1.39 bits per heavy atom. The fourth-order valence-electron chi connectivity index (χ4n) is 5.14. The first-order valence-electron chi connectivity index (χ1n) is 11.2. The van der Waals surface area contributed by atoms with Crippen LogP contribution in [0.5, 0.6) is 0 Å². The smallest absolute Gasteiger partial charge is 0.128 e. The summed E-state index contributed by atoms with van der Waals surface area (Å²) in [6.45, 7) is 1.97. The molecule has 5 heterocycles. The molecule has 0 aromatic heterocycles. The van der Waals surface area contributed by atoms with Gasteiger partial charge in [-0.1, -0.05) is 42.5 Å². The van der Waals surface area contributed by atoms with E-state index in [2.05, 4.69) is 47.8 Å². The Kier molecular flexibility index (Phi) is 5.82. The van der Waals surface area contributed by atoms with Gasteiger partial charge >= 0.3 is 0 Å². The van der Waals surface area contributed by atoms with E-state index in [0.29, 0.717) is 24.4 Å². The maximum absolute atomic E-state index is 5.36. The number of rotatable bonds is 0. The molecule has 1 N–H and O–H groups in total. The topological polar surface area (TPSA) is 39.7 Å².